The van der Waals surface area contributed by atoms with Crippen LogP contribution in [0.5, 0.6) is 0 Å². The second-order valence-electron chi connectivity index (χ2n) is 5.15. The Hall–Kier alpha value is -1.53. The van der Waals surface area contributed by atoms with Gasteiger partial charge in [-0.15, -0.1) is 0 Å². The van der Waals surface area contributed by atoms with E-state index in [1.807, 2.05) is 12.1 Å². The molecule has 0 saturated carbocycles. The summed E-state index contributed by atoms with van der Waals surface area (Å²) in [6.07, 6.45) is 0.869. The maximum atomic E-state index is 9.43. The van der Waals surface area contributed by atoms with E-state index in [2.05, 4.69) is 49.3 Å². The zero-order chi connectivity index (χ0) is 12.5. The van der Waals surface area contributed by atoms with Gasteiger partial charge in [-0.2, -0.15) is 5.26 Å². The SMILES string of the molecule is Cc1ccc(NC2(C#N)CC(C)N(C)C2)cc1. The van der Waals surface area contributed by atoms with Gasteiger partial charge in [-0.05, 0) is 33.0 Å². The molecule has 3 nitrogen and oxygen atoms in total. The number of likely N-dealkylation sites (tertiary alicyclic amines) is 1. The third kappa shape index (κ3) is 2.42. The van der Waals surface area contributed by atoms with Crippen LogP contribution in [0.1, 0.15) is 18.9 Å². The fourth-order valence-electron chi connectivity index (χ4n) is 2.42. The maximum Gasteiger partial charge on any atom is 0.139 e. The van der Waals surface area contributed by atoms with Crippen molar-refractivity contribution in [1.82, 2.24) is 4.90 Å². The summed E-state index contributed by atoms with van der Waals surface area (Å²) in [7, 11) is 2.07. The molecule has 0 amide bonds. The number of anilines is 1. The van der Waals surface area contributed by atoms with Gasteiger partial charge in [-0.25, -0.2) is 0 Å². The second kappa shape index (κ2) is 4.38. The van der Waals surface area contributed by atoms with E-state index in [9.17, 15) is 5.26 Å². The molecular weight excluding hydrogens is 210 g/mol. The van der Waals surface area contributed by atoms with Crippen molar-refractivity contribution in [2.45, 2.75) is 31.8 Å². The average molecular weight is 229 g/mol. The molecule has 0 aromatic heterocycles. The Bertz CT molecular complexity index is 420. The molecule has 1 fully saturated rings. The minimum atomic E-state index is -0.441. The first-order valence-corrected chi connectivity index (χ1v) is 6.01. The molecule has 1 aliphatic heterocycles. The van der Waals surface area contributed by atoms with Crippen LogP contribution in [0.3, 0.4) is 0 Å². The molecule has 0 bridgehead atoms. The van der Waals surface area contributed by atoms with Gasteiger partial charge in [0.1, 0.15) is 5.54 Å². The van der Waals surface area contributed by atoms with Crippen molar-refractivity contribution in [3.63, 3.8) is 0 Å². The van der Waals surface area contributed by atoms with Crippen molar-refractivity contribution in [2.24, 2.45) is 0 Å². The van der Waals surface area contributed by atoms with E-state index >= 15 is 0 Å². The molecule has 1 aromatic carbocycles. The molecule has 0 aliphatic carbocycles. The van der Waals surface area contributed by atoms with Crippen LogP contribution in [0, 0.1) is 18.3 Å². The van der Waals surface area contributed by atoms with E-state index in [1.54, 1.807) is 0 Å². The minimum absolute atomic E-state index is 0.441. The van der Waals surface area contributed by atoms with Gasteiger partial charge in [0.2, 0.25) is 0 Å². The number of benzene rings is 1. The van der Waals surface area contributed by atoms with E-state index in [-0.39, 0.29) is 0 Å². The van der Waals surface area contributed by atoms with Crippen LogP contribution in [-0.2, 0) is 0 Å². The molecule has 2 unspecified atom stereocenters. The van der Waals surface area contributed by atoms with Crippen LogP contribution in [0.4, 0.5) is 5.69 Å². The summed E-state index contributed by atoms with van der Waals surface area (Å²) < 4.78 is 0. The number of aryl methyl sites for hydroxylation is 1. The molecule has 1 N–H and O–H groups in total. The molecule has 0 radical (unpaired) electrons. The largest absolute Gasteiger partial charge is 0.366 e. The van der Waals surface area contributed by atoms with Gasteiger partial charge in [0, 0.05) is 24.7 Å². The molecular formula is C14H19N3. The Balaban J connectivity index is 2.16. The zero-order valence-electron chi connectivity index (χ0n) is 10.7. The second-order valence-corrected chi connectivity index (χ2v) is 5.15. The normalized spacial score (nSPS) is 28.9. The predicted octanol–water partition coefficient (Wildman–Crippen LogP) is 2.39. The van der Waals surface area contributed by atoms with Crippen molar-refractivity contribution in [3.8, 4) is 6.07 Å². The molecule has 1 aliphatic rings. The number of nitriles is 1. The van der Waals surface area contributed by atoms with Crippen molar-refractivity contribution in [3.05, 3.63) is 29.8 Å². The highest BCUT2D eigenvalue weighted by Crippen LogP contribution is 2.29. The first kappa shape index (κ1) is 11.9. The summed E-state index contributed by atoms with van der Waals surface area (Å²) in [5.41, 5.74) is 1.82. The van der Waals surface area contributed by atoms with E-state index in [4.69, 9.17) is 0 Å². The van der Waals surface area contributed by atoms with Crippen molar-refractivity contribution in [1.29, 1.82) is 5.26 Å². The summed E-state index contributed by atoms with van der Waals surface area (Å²) in [5.74, 6) is 0. The predicted molar refractivity (Wildman–Crippen MR) is 69.9 cm³/mol. The first-order chi connectivity index (χ1) is 8.04. The molecule has 2 rings (SSSR count). The number of rotatable bonds is 2. The van der Waals surface area contributed by atoms with Crippen molar-refractivity contribution >= 4 is 5.69 Å². The van der Waals surface area contributed by atoms with Crippen LogP contribution < -0.4 is 5.32 Å². The standard InChI is InChI=1S/C14H19N3/c1-11-4-6-13(7-5-11)16-14(9-15)8-12(2)17(3)10-14/h4-7,12,16H,8,10H2,1-3H3. The van der Waals surface area contributed by atoms with Gasteiger partial charge in [0.15, 0.2) is 0 Å². The van der Waals surface area contributed by atoms with Crippen LogP contribution >= 0.6 is 0 Å². The highest BCUT2D eigenvalue weighted by atomic mass is 15.2. The fourth-order valence-corrected chi connectivity index (χ4v) is 2.42. The van der Waals surface area contributed by atoms with Gasteiger partial charge in [-0.1, -0.05) is 17.7 Å². The molecule has 17 heavy (non-hydrogen) atoms. The third-order valence-corrected chi connectivity index (χ3v) is 3.56. The van der Waals surface area contributed by atoms with E-state index in [1.165, 1.54) is 5.56 Å². The smallest absolute Gasteiger partial charge is 0.139 e. The number of hydrogen-bond acceptors (Lipinski definition) is 3. The fraction of sp³-hybridized carbons (Fsp3) is 0.500. The summed E-state index contributed by atoms with van der Waals surface area (Å²) in [6, 6.07) is 11.1. The van der Waals surface area contributed by atoms with Crippen LogP contribution in [-0.4, -0.2) is 30.1 Å². The molecule has 90 valence electrons. The lowest BCUT2D eigenvalue weighted by molar-refractivity contribution is 0.327. The summed E-state index contributed by atoms with van der Waals surface area (Å²) in [4.78, 5) is 2.23. The number of hydrogen-bond donors (Lipinski definition) is 1. The number of nitrogens with zero attached hydrogens (tertiary/aromatic N) is 2. The summed E-state index contributed by atoms with van der Waals surface area (Å²) >= 11 is 0. The molecule has 1 saturated heterocycles. The molecule has 2 atom stereocenters. The Kier molecular flexibility index (Phi) is 3.08. The Morgan fingerprint density at radius 3 is 2.53 bits per heavy atom. The van der Waals surface area contributed by atoms with Gasteiger partial charge < -0.3 is 10.2 Å². The van der Waals surface area contributed by atoms with Gasteiger partial charge in [0.25, 0.3) is 0 Å². The Morgan fingerprint density at radius 2 is 2.06 bits per heavy atom. The Morgan fingerprint density at radius 1 is 1.41 bits per heavy atom. The average Bonchev–Trinajstić information content (AvgIpc) is 2.59. The lowest BCUT2D eigenvalue weighted by atomic mass is 9.97. The van der Waals surface area contributed by atoms with E-state index < -0.39 is 5.54 Å². The van der Waals surface area contributed by atoms with Gasteiger partial charge in [0.05, 0.1) is 6.07 Å². The quantitative estimate of drug-likeness (QED) is 0.846. The van der Waals surface area contributed by atoms with Crippen LogP contribution in [0.15, 0.2) is 24.3 Å². The van der Waals surface area contributed by atoms with Crippen molar-refractivity contribution in [2.75, 3.05) is 18.9 Å². The lowest BCUT2D eigenvalue weighted by Crippen LogP contribution is -2.39. The maximum absolute atomic E-state index is 9.43. The van der Waals surface area contributed by atoms with E-state index in [0.29, 0.717) is 6.04 Å². The monoisotopic (exact) mass is 229 g/mol. The highest BCUT2D eigenvalue weighted by molar-refractivity contribution is 5.49. The third-order valence-electron chi connectivity index (χ3n) is 3.56. The molecule has 1 aromatic rings. The van der Waals surface area contributed by atoms with Crippen LogP contribution in [0.25, 0.3) is 0 Å². The first-order valence-electron chi connectivity index (χ1n) is 6.01. The van der Waals surface area contributed by atoms with Crippen molar-refractivity contribution < 1.29 is 0 Å². The molecule has 1 heterocycles. The van der Waals surface area contributed by atoms with Crippen LogP contribution in [0.2, 0.25) is 0 Å². The summed E-state index contributed by atoms with van der Waals surface area (Å²) in [6.45, 7) is 5.00. The summed E-state index contributed by atoms with van der Waals surface area (Å²) in [5, 5.41) is 12.8. The minimum Gasteiger partial charge on any atom is -0.366 e. The van der Waals surface area contributed by atoms with E-state index in [0.717, 1.165) is 18.7 Å². The topological polar surface area (TPSA) is 39.1 Å². The number of likely N-dealkylation sites (N-methyl/N-ethyl adjacent to an activating group) is 1. The Labute approximate surface area is 103 Å². The number of nitrogens with one attached hydrogen (secondary N) is 1. The van der Waals surface area contributed by atoms with Gasteiger partial charge in [-0.3, -0.25) is 0 Å². The zero-order valence-corrected chi connectivity index (χ0v) is 10.7. The van der Waals surface area contributed by atoms with Gasteiger partial charge >= 0.3 is 0 Å². The molecule has 3 heteroatoms. The lowest BCUT2D eigenvalue weighted by Gasteiger charge is -2.23. The highest BCUT2D eigenvalue weighted by Gasteiger charge is 2.40. The molecule has 0 spiro atoms.